The normalized spacial score (nSPS) is 14.9. The molecule has 25 heavy (non-hydrogen) atoms. The van der Waals surface area contributed by atoms with Crippen LogP contribution in [0.5, 0.6) is 0 Å². The van der Waals surface area contributed by atoms with Crippen molar-refractivity contribution >= 4 is 22.8 Å². The van der Waals surface area contributed by atoms with E-state index >= 15 is 0 Å². The van der Waals surface area contributed by atoms with Crippen molar-refractivity contribution in [2.75, 3.05) is 7.05 Å². The highest BCUT2D eigenvalue weighted by Crippen LogP contribution is 2.40. The van der Waals surface area contributed by atoms with Crippen LogP contribution in [0, 0.1) is 6.92 Å². The van der Waals surface area contributed by atoms with E-state index in [1.807, 2.05) is 23.7 Å². The number of hydrogen-bond acceptors (Lipinski definition) is 3. The van der Waals surface area contributed by atoms with Gasteiger partial charge in [0.2, 0.25) is 0 Å². The maximum Gasteiger partial charge on any atom is 0.168 e. The molecule has 1 fully saturated rings. The minimum Gasteiger partial charge on any atom is -0.328 e. The topological polar surface area (TPSA) is 47.2 Å². The number of rotatable bonds is 4. The van der Waals surface area contributed by atoms with Gasteiger partial charge in [-0.1, -0.05) is 30.3 Å². The molecule has 1 aliphatic rings. The Kier molecular flexibility index (Phi) is 3.75. The molecule has 1 heterocycles. The molecule has 0 saturated heterocycles. The first-order valence-corrected chi connectivity index (χ1v) is 8.62. The zero-order chi connectivity index (χ0) is 17.6. The van der Waals surface area contributed by atoms with Gasteiger partial charge in [0.05, 0.1) is 5.71 Å². The van der Waals surface area contributed by atoms with Crippen molar-refractivity contribution in [1.29, 1.82) is 0 Å². The number of aryl methyl sites for hydroxylation is 1. The van der Waals surface area contributed by atoms with Crippen molar-refractivity contribution in [3.8, 4) is 0 Å². The molecule has 3 aromatic rings. The monoisotopic (exact) mass is 331 g/mol. The molecule has 0 bridgehead atoms. The number of carbonyl (C=O) groups is 1. The Balaban J connectivity index is 1.91. The number of nitrogens with zero attached hydrogens (tertiary/aromatic N) is 3. The molecule has 4 heteroatoms. The van der Waals surface area contributed by atoms with E-state index < -0.39 is 0 Å². The van der Waals surface area contributed by atoms with Crippen LogP contribution in [-0.4, -0.2) is 28.6 Å². The summed E-state index contributed by atoms with van der Waals surface area (Å²) in [5.74, 6) is 1.48. The van der Waals surface area contributed by atoms with Gasteiger partial charge in [-0.3, -0.25) is 9.79 Å². The maximum atomic E-state index is 11.7. The van der Waals surface area contributed by atoms with Crippen LogP contribution in [0.3, 0.4) is 0 Å². The fraction of sp³-hybridized carbons (Fsp3) is 0.286. The summed E-state index contributed by atoms with van der Waals surface area (Å²) >= 11 is 0. The van der Waals surface area contributed by atoms with Gasteiger partial charge in [-0.05, 0) is 42.2 Å². The summed E-state index contributed by atoms with van der Waals surface area (Å²) in [6.07, 6.45) is 3.20. The van der Waals surface area contributed by atoms with Gasteiger partial charge in [-0.15, -0.1) is 0 Å². The Morgan fingerprint density at radius 1 is 1.24 bits per heavy atom. The highest BCUT2D eigenvalue weighted by molar-refractivity contribution is 6.16. The molecule has 0 aliphatic heterocycles. The minimum atomic E-state index is 0.480. The van der Waals surface area contributed by atoms with Gasteiger partial charge in [0, 0.05) is 25.6 Å². The van der Waals surface area contributed by atoms with Gasteiger partial charge in [0.1, 0.15) is 17.2 Å². The van der Waals surface area contributed by atoms with Crippen molar-refractivity contribution in [3.05, 3.63) is 64.7 Å². The molecule has 0 N–H and O–H groups in total. The van der Waals surface area contributed by atoms with Gasteiger partial charge in [-0.25, -0.2) is 4.98 Å². The highest BCUT2D eigenvalue weighted by atomic mass is 16.1. The van der Waals surface area contributed by atoms with Crippen LogP contribution in [0.25, 0.3) is 10.8 Å². The van der Waals surface area contributed by atoms with E-state index in [0.717, 1.165) is 47.2 Å². The Morgan fingerprint density at radius 2 is 1.92 bits per heavy atom. The lowest BCUT2D eigenvalue weighted by molar-refractivity contribution is 0.111. The summed E-state index contributed by atoms with van der Waals surface area (Å²) in [6.45, 7) is 2.08. The number of carbonyl (C=O) groups excluding carboxylic acids is 1. The van der Waals surface area contributed by atoms with Gasteiger partial charge in [-0.2, -0.15) is 0 Å². The quantitative estimate of drug-likeness (QED) is 0.535. The summed E-state index contributed by atoms with van der Waals surface area (Å²) in [7, 11) is 3.69. The second kappa shape index (κ2) is 5.96. The lowest BCUT2D eigenvalue weighted by Crippen LogP contribution is -2.10. The lowest BCUT2D eigenvalue weighted by atomic mass is 9.96. The molecule has 4 nitrogen and oxygen atoms in total. The zero-order valence-corrected chi connectivity index (χ0v) is 14.8. The first-order chi connectivity index (χ1) is 12.1. The molecule has 1 aliphatic carbocycles. The van der Waals surface area contributed by atoms with Crippen LogP contribution in [0.15, 0.2) is 41.4 Å². The molecule has 0 unspecified atom stereocenters. The Bertz CT molecular complexity index is 1010. The number of fused-ring (bicyclic) bond motifs is 1. The largest absolute Gasteiger partial charge is 0.328 e. The molecule has 4 rings (SSSR count). The Morgan fingerprint density at radius 3 is 2.52 bits per heavy atom. The van der Waals surface area contributed by atoms with Crippen molar-refractivity contribution in [2.24, 2.45) is 12.0 Å². The molecule has 1 aromatic heterocycles. The number of aliphatic imine (C=N–C) groups is 1. The van der Waals surface area contributed by atoms with Crippen LogP contribution < -0.4 is 0 Å². The number of aldehydes is 1. The second-order valence-corrected chi connectivity index (χ2v) is 6.74. The van der Waals surface area contributed by atoms with Gasteiger partial charge in [0.15, 0.2) is 6.29 Å². The molecule has 0 spiro atoms. The predicted octanol–water partition coefficient (Wildman–Crippen LogP) is 4.04. The van der Waals surface area contributed by atoms with Gasteiger partial charge in [0.25, 0.3) is 0 Å². The molecule has 0 atom stereocenters. The summed E-state index contributed by atoms with van der Waals surface area (Å²) < 4.78 is 1.93. The molecule has 126 valence electrons. The van der Waals surface area contributed by atoms with E-state index in [1.54, 1.807) is 7.05 Å². The maximum absolute atomic E-state index is 11.7. The van der Waals surface area contributed by atoms with E-state index in [1.165, 1.54) is 5.39 Å². The summed E-state index contributed by atoms with van der Waals surface area (Å²) in [4.78, 5) is 21.1. The Hall–Kier alpha value is -2.75. The third kappa shape index (κ3) is 2.58. The average molecular weight is 331 g/mol. The van der Waals surface area contributed by atoms with Gasteiger partial charge < -0.3 is 4.57 Å². The number of aromatic nitrogens is 2. The third-order valence-corrected chi connectivity index (χ3v) is 5.02. The molecular weight excluding hydrogens is 310 g/mol. The van der Waals surface area contributed by atoms with Crippen LogP contribution in [0.1, 0.15) is 51.9 Å². The van der Waals surface area contributed by atoms with E-state index in [0.29, 0.717) is 17.3 Å². The summed E-state index contributed by atoms with van der Waals surface area (Å²) in [5.41, 5.74) is 4.25. The molecule has 0 amide bonds. The van der Waals surface area contributed by atoms with Gasteiger partial charge >= 0.3 is 0 Å². The average Bonchev–Trinajstić information content (AvgIpc) is 3.40. The van der Waals surface area contributed by atoms with E-state index in [-0.39, 0.29) is 0 Å². The van der Waals surface area contributed by atoms with Crippen molar-refractivity contribution in [3.63, 3.8) is 0 Å². The lowest BCUT2D eigenvalue weighted by Gasteiger charge is -2.10. The standard InChI is InChI=1S/C21H21N3O/c1-13-10-15-6-4-5-7-16(15)11-17(13)19(22-2)20-18(12-25)24(3)21(23-20)14-8-9-14/h4-7,10-12,14H,8-9H2,1-3H3/b22-19-. The second-order valence-electron chi connectivity index (χ2n) is 6.74. The molecule has 1 saturated carbocycles. The van der Waals surface area contributed by atoms with E-state index in [9.17, 15) is 4.79 Å². The fourth-order valence-electron chi connectivity index (χ4n) is 3.51. The number of benzene rings is 2. The van der Waals surface area contributed by atoms with Crippen LogP contribution >= 0.6 is 0 Å². The van der Waals surface area contributed by atoms with Crippen LogP contribution in [0.2, 0.25) is 0 Å². The van der Waals surface area contributed by atoms with Crippen molar-refractivity contribution < 1.29 is 4.79 Å². The SMILES string of the molecule is C/N=C(/c1cc2ccccc2cc1C)c1nc(C2CC2)n(C)c1C=O. The van der Waals surface area contributed by atoms with E-state index in [2.05, 4.69) is 36.2 Å². The van der Waals surface area contributed by atoms with Crippen molar-refractivity contribution in [1.82, 2.24) is 9.55 Å². The first kappa shape index (κ1) is 15.8. The van der Waals surface area contributed by atoms with Crippen molar-refractivity contribution in [2.45, 2.75) is 25.7 Å². The summed E-state index contributed by atoms with van der Waals surface area (Å²) in [5, 5.41) is 2.37. The molecule has 0 radical (unpaired) electrons. The third-order valence-electron chi connectivity index (χ3n) is 5.02. The predicted molar refractivity (Wildman–Crippen MR) is 101 cm³/mol. The van der Waals surface area contributed by atoms with E-state index in [4.69, 9.17) is 4.98 Å². The molecule has 2 aromatic carbocycles. The minimum absolute atomic E-state index is 0.480. The first-order valence-electron chi connectivity index (χ1n) is 8.62. The summed E-state index contributed by atoms with van der Waals surface area (Å²) in [6, 6.07) is 12.6. The zero-order valence-electron chi connectivity index (χ0n) is 14.8. The highest BCUT2D eigenvalue weighted by Gasteiger charge is 2.31. The Labute approximate surface area is 147 Å². The van der Waals surface area contributed by atoms with Crippen LogP contribution in [-0.2, 0) is 7.05 Å². The molecular formula is C21H21N3O. The number of imidazole rings is 1. The smallest absolute Gasteiger partial charge is 0.168 e. The number of hydrogen-bond donors (Lipinski definition) is 0. The fourth-order valence-corrected chi connectivity index (χ4v) is 3.51. The van der Waals surface area contributed by atoms with Crippen LogP contribution in [0.4, 0.5) is 0 Å².